The van der Waals surface area contributed by atoms with Crippen molar-refractivity contribution in [2.45, 2.75) is 25.8 Å². The smallest absolute Gasteiger partial charge is 0.320 e. The summed E-state index contributed by atoms with van der Waals surface area (Å²) in [4.78, 5) is 14.6. The molecule has 82 valence electrons. The lowest BCUT2D eigenvalue weighted by atomic mass is 10.0. The van der Waals surface area contributed by atoms with Gasteiger partial charge in [-0.2, -0.15) is 0 Å². The molecule has 15 heavy (non-hydrogen) atoms. The Hall–Kier alpha value is -1.62. The van der Waals surface area contributed by atoms with E-state index < -0.39 is 12.0 Å². The molecule has 1 atom stereocenters. The number of nitrogens with zero attached hydrogens (tertiary/aromatic N) is 1. The summed E-state index contributed by atoms with van der Waals surface area (Å²) in [5, 5.41) is 8.61. The zero-order valence-corrected chi connectivity index (χ0v) is 8.60. The van der Waals surface area contributed by atoms with Crippen molar-refractivity contribution < 1.29 is 9.90 Å². The van der Waals surface area contributed by atoms with Gasteiger partial charge in [0.05, 0.1) is 0 Å². The number of carbonyl (C=O) groups is 1. The maximum Gasteiger partial charge on any atom is 0.320 e. The van der Waals surface area contributed by atoms with Gasteiger partial charge in [-0.25, -0.2) is 4.98 Å². The van der Waals surface area contributed by atoms with Crippen LogP contribution in [0, 0.1) is 6.92 Å². The predicted octanol–water partition coefficient (Wildman–Crippen LogP) is 0.317. The molecule has 0 aliphatic heterocycles. The SMILES string of the molecule is Cc1nc(N)ccc1CC[C@@H](N)C(=O)O. The van der Waals surface area contributed by atoms with Gasteiger partial charge in [-0.05, 0) is 31.4 Å². The summed E-state index contributed by atoms with van der Waals surface area (Å²) in [6, 6.07) is 2.74. The van der Waals surface area contributed by atoms with E-state index in [0.29, 0.717) is 18.7 Å². The van der Waals surface area contributed by atoms with Crippen LogP contribution in [0.2, 0.25) is 0 Å². The van der Waals surface area contributed by atoms with Crippen molar-refractivity contribution in [2.24, 2.45) is 5.73 Å². The second kappa shape index (κ2) is 4.75. The zero-order valence-electron chi connectivity index (χ0n) is 8.60. The van der Waals surface area contributed by atoms with E-state index in [1.807, 2.05) is 13.0 Å². The van der Waals surface area contributed by atoms with E-state index in [9.17, 15) is 4.79 Å². The van der Waals surface area contributed by atoms with Gasteiger partial charge in [-0.15, -0.1) is 0 Å². The quantitative estimate of drug-likeness (QED) is 0.662. The molecule has 1 rings (SSSR count). The molecule has 0 saturated heterocycles. The Morgan fingerprint density at radius 1 is 1.60 bits per heavy atom. The van der Waals surface area contributed by atoms with Crippen LogP contribution in [-0.2, 0) is 11.2 Å². The lowest BCUT2D eigenvalue weighted by Gasteiger charge is -2.08. The summed E-state index contributed by atoms with van der Waals surface area (Å²) in [6.45, 7) is 1.85. The minimum absolute atomic E-state index is 0.405. The molecule has 0 aliphatic rings. The average molecular weight is 209 g/mol. The molecule has 0 spiro atoms. The van der Waals surface area contributed by atoms with E-state index in [-0.39, 0.29) is 0 Å². The Morgan fingerprint density at radius 3 is 2.80 bits per heavy atom. The highest BCUT2D eigenvalue weighted by Crippen LogP contribution is 2.11. The normalized spacial score (nSPS) is 12.4. The molecule has 0 unspecified atom stereocenters. The third-order valence-corrected chi connectivity index (χ3v) is 2.26. The fraction of sp³-hybridized carbons (Fsp3) is 0.400. The molecule has 0 aromatic carbocycles. The van der Waals surface area contributed by atoms with Gasteiger partial charge in [0.25, 0.3) is 0 Å². The molecule has 1 heterocycles. The summed E-state index contributed by atoms with van der Waals surface area (Å²) in [5.74, 6) is -0.505. The Kier molecular flexibility index (Phi) is 3.62. The van der Waals surface area contributed by atoms with E-state index in [0.717, 1.165) is 11.3 Å². The lowest BCUT2D eigenvalue weighted by molar-refractivity contribution is -0.138. The molecule has 0 aliphatic carbocycles. The van der Waals surface area contributed by atoms with Crippen LogP contribution in [0.15, 0.2) is 12.1 Å². The van der Waals surface area contributed by atoms with E-state index in [1.54, 1.807) is 6.07 Å². The largest absolute Gasteiger partial charge is 0.480 e. The third kappa shape index (κ3) is 3.21. The molecular formula is C10H15N3O2. The molecule has 5 heteroatoms. The number of aryl methyl sites for hydroxylation is 2. The van der Waals surface area contributed by atoms with Gasteiger partial charge in [-0.3, -0.25) is 4.79 Å². The Labute approximate surface area is 88.1 Å². The van der Waals surface area contributed by atoms with Crippen LogP contribution in [0.5, 0.6) is 0 Å². The van der Waals surface area contributed by atoms with Crippen molar-refractivity contribution in [1.29, 1.82) is 0 Å². The average Bonchev–Trinajstić information content (AvgIpc) is 2.15. The topological polar surface area (TPSA) is 102 Å². The first-order valence-corrected chi connectivity index (χ1v) is 4.71. The minimum atomic E-state index is -0.976. The second-order valence-electron chi connectivity index (χ2n) is 3.46. The molecule has 0 radical (unpaired) electrons. The van der Waals surface area contributed by atoms with E-state index in [4.69, 9.17) is 16.6 Å². The van der Waals surface area contributed by atoms with Crippen molar-refractivity contribution in [1.82, 2.24) is 4.98 Å². The highest BCUT2D eigenvalue weighted by Gasteiger charge is 2.11. The number of carboxylic acids is 1. The number of nitrogens with two attached hydrogens (primary N) is 2. The number of aromatic nitrogens is 1. The number of hydrogen-bond donors (Lipinski definition) is 3. The van der Waals surface area contributed by atoms with E-state index >= 15 is 0 Å². The Bertz CT molecular complexity index is 366. The van der Waals surface area contributed by atoms with Gasteiger partial charge in [0, 0.05) is 5.69 Å². The van der Waals surface area contributed by atoms with Crippen LogP contribution < -0.4 is 11.5 Å². The van der Waals surface area contributed by atoms with Crippen LogP contribution in [0.4, 0.5) is 5.82 Å². The monoisotopic (exact) mass is 209 g/mol. The molecule has 0 saturated carbocycles. The maximum atomic E-state index is 10.5. The van der Waals surface area contributed by atoms with Crippen molar-refractivity contribution >= 4 is 11.8 Å². The number of anilines is 1. The van der Waals surface area contributed by atoms with Gasteiger partial charge in [0.1, 0.15) is 11.9 Å². The number of pyridine rings is 1. The van der Waals surface area contributed by atoms with Gasteiger partial charge in [0.15, 0.2) is 0 Å². The Balaban J connectivity index is 2.62. The molecule has 5 nitrogen and oxygen atoms in total. The summed E-state index contributed by atoms with van der Waals surface area (Å²) in [7, 11) is 0. The number of aliphatic carboxylic acids is 1. The van der Waals surface area contributed by atoms with Crippen LogP contribution >= 0.6 is 0 Å². The van der Waals surface area contributed by atoms with Crippen LogP contribution in [0.25, 0.3) is 0 Å². The standard InChI is InChI=1S/C10H15N3O2/c1-6-7(3-5-9(12)13-6)2-4-8(11)10(14)15/h3,5,8H,2,4,11H2,1H3,(H2,12,13)(H,14,15)/t8-/m1/s1. The zero-order chi connectivity index (χ0) is 11.4. The molecule has 5 N–H and O–H groups in total. The van der Waals surface area contributed by atoms with E-state index in [1.165, 1.54) is 0 Å². The fourth-order valence-electron chi connectivity index (χ4n) is 1.31. The molecular weight excluding hydrogens is 194 g/mol. The van der Waals surface area contributed by atoms with E-state index in [2.05, 4.69) is 4.98 Å². The van der Waals surface area contributed by atoms with Crippen molar-refractivity contribution in [2.75, 3.05) is 5.73 Å². The highest BCUT2D eigenvalue weighted by molar-refractivity contribution is 5.73. The fourth-order valence-corrected chi connectivity index (χ4v) is 1.31. The number of nitrogen functional groups attached to an aromatic ring is 1. The third-order valence-electron chi connectivity index (χ3n) is 2.26. The van der Waals surface area contributed by atoms with Gasteiger partial charge < -0.3 is 16.6 Å². The molecule has 1 aromatic rings. The summed E-state index contributed by atoms with van der Waals surface area (Å²) >= 11 is 0. The molecule has 1 aromatic heterocycles. The first kappa shape index (κ1) is 11.5. The predicted molar refractivity (Wildman–Crippen MR) is 57.3 cm³/mol. The van der Waals surface area contributed by atoms with Gasteiger partial charge in [0.2, 0.25) is 0 Å². The Morgan fingerprint density at radius 2 is 2.27 bits per heavy atom. The van der Waals surface area contributed by atoms with Crippen molar-refractivity contribution in [3.8, 4) is 0 Å². The minimum Gasteiger partial charge on any atom is -0.480 e. The molecule has 0 amide bonds. The first-order valence-electron chi connectivity index (χ1n) is 4.71. The number of carboxylic acid groups (broad SMARTS) is 1. The molecule has 0 bridgehead atoms. The summed E-state index contributed by atoms with van der Waals surface area (Å²) < 4.78 is 0. The summed E-state index contributed by atoms with van der Waals surface area (Å²) in [6.07, 6.45) is 1.01. The number of rotatable bonds is 4. The first-order chi connectivity index (χ1) is 7.00. The summed E-state index contributed by atoms with van der Waals surface area (Å²) in [5.41, 5.74) is 12.7. The lowest BCUT2D eigenvalue weighted by Crippen LogP contribution is -2.30. The maximum absolute atomic E-state index is 10.5. The van der Waals surface area contributed by atoms with Crippen LogP contribution in [0.3, 0.4) is 0 Å². The second-order valence-corrected chi connectivity index (χ2v) is 3.46. The van der Waals surface area contributed by atoms with Crippen LogP contribution in [0.1, 0.15) is 17.7 Å². The highest BCUT2D eigenvalue weighted by atomic mass is 16.4. The van der Waals surface area contributed by atoms with Crippen molar-refractivity contribution in [3.63, 3.8) is 0 Å². The molecule has 0 fully saturated rings. The van der Waals surface area contributed by atoms with Gasteiger partial charge >= 0.3 is 5.97 Å². The van der Waals surface area contributed by atoms with Crippen molar-refractivity contribution in [3.05, 3.63) is 23.4 Å². The van der Waals surface area contributed by atoms with Crippen LogP contribution in [-0.4, -0.2) is 22.1 Å². The van der Waals surface area contributed by atoms with Gasteiger partial charge in [-0.1, -0.05) is 6.07 Å². The number of hydrogen-bond acceptors (Lipinski definition) is 4.